The van der Waals surface area contributed by atoms with Gasteiger partial charge in [0.25, 0.3) is 0 Å². The second kappa shape index (κ2) is 5.80. The van der Waals surface area contributed by atoms with Crippen molar-refractivity contribution in [2.24, 2.45) is 0 Å². The number of rotatable bonds is 5. The molecule has 0 unspecified atom stereocenters. The molecule has 1 amide bonds. The molecule has 0 aromatic carbocycles. The largest absolute Gasteiger partial charge is 0.378 e. The Morgan fingerprint density at radius 2 is 2.31 bits per heavy atom. The Kier molecular flexibility index (Phi) is 4.95. The zero-order chi connectivity index (χ0) is 12.2. The first-order valence-electron chi connectivity index (χ1n) is 4.98. The molecule has 1 aromatic heterocycles. The lowest BCUT2D eigenvalue weighted by molar-refractivity contribution is -0.126. The maximum atomic E-state index is 11.6. The normalized spacial score (nSPS) is 11.5. The van der Waals surface area contributed by atoms with Crippen LogP contribution < -0.4 is 5.32 Å². The second-order valence-corrected chi connectivity index (χ2v) is 5.96. The van der Waals surface area contributed by atoms with Crippen LogP contribution in [0.25, 0.3) is 0 Å². The van der Waals surface area contributed by atoms with Gasteiger partial charge in [-0.25, -0.2) is 0 Å². The summed E-state index contributed by atoms with van der Waals surface area (Å²) in [7, 11) is 1.61. The first-order valence-corrected chi connectivity index (χ1v) is 6.65. The van der Waals surface area contributed by atoms with E-state index < -0.39 is 5.60 Å². The molecular weight excluding hydrogens is 290 g/mol. The van der Waals surface area contributed by atoms with Crippen LogP contribution in [0.4, 0.5) is 0 Å². The average molecular weight is 306 g/mol. The lowest BCUT2D eigenvalue weighted by Crippen LogP contribution is -2.33. The van der Waals surface area contributed by atoms with E-state index in [1.807, 2.05) is 25.3 Å². The average Bonchev–Trinajstić information content (AvgIpc) is 2.60. The molecule has 0 saturated heterocycles. The fraction of sp³-hybridized carbons (Fsp3) is 0.545. The summed E-state index contributed by atoms with van der Waals surface area (Å²) in [4.78, 5) is 12.8. The Labute approximate surface area is 108 Å². The number of carbonyl (C=O) groups is 1. The standard InChI is InChI=1S/C11H16BrNO2S/c1-11(2,15-3)6-10(14)13-7-9-8(12)4-5-16-9/h4-5H,6-7H2,1-3H3,(H,13,14). The third-order valence-electron chi connectivity index (χ3n) is 2.28. The van der Waals surface area contributed by atoms with E-state index in [1.165, 1.54) is 0 Å². The van der Waals surface area contributed by atoms with Crippen molar-refractivity contribution in [1.29, 1.82) is 0 Å². The highest BCUT2D eigenvalue weighted by Crippen LogP contribution is 2.22. The molecule has 3 nitrogen and oxygen atoms in total. The molecule has 16 heavy (non-hydrogen) atoms. The summed E-state index contributed by atoms with van der Waals surface area (Å²) in [6, 6.07) is 1.98. The molecule has 5 heteroatoms. The van der Waals surface area contributed by atoms with Gasteiger partial charge in [-0.1, -0.05) is 0 Å². The van der Waals surface area contributed by atoms with Crippen LogP contribution in [0.15, 0.2) is 15.9 Å². The molecule has 0 bridgehead atoms. The van der Waals surface area contributed by atoms with Crippen molar-refractivity contribution < 1.29 is 9.53 Å². The minimum atomic E-state index is -0.406. The van der Waals surface area contributed by atoms with Crippen LogP contribution >= 0.6 is 27.3 Å². The van der Waals surface area contributed by atoms with E-state index in [-0.39, 0.29) is 5.91 Å². The van der Waals surface area contributed by atoms with Crippen LogP contribution in [0.3, 0.4) is 0 Å². The molecule has 0 atom stereocenters. The molecule has 0 spiro atoms. The molecule has 0 radical (unpaired) electrons. The third kappa shape index (κ3) is 4.23. The number of hydrogen-bond acceptors (Lipinski definition) is 3. The molecule has 0 aliphatic heterocycles. The number of ether oxygens (including phenoxy) is 1. The van der Waals surface area contributed by atoms with Crippen LogP contribution in [-0.4, -0.2) is 18.6 Å². The highest BCUT2D eigenvalue weighted by Gasteiger charge is 2.20. The Balaban J connectivity index is 2.39. The van der Waals surface area contributed by atoms with E-state index in [9.17, 15) is 4.79 Å². The predicted molar refractivity (Wildman–Crippen MR) is 69.6 cm³/mol. The van der Waals surface area contributed by atoms with Gasteiger partial charge in [-0.3, -0.25) is 4.79 Å². The molecule has 1 heterocycles. The van der Waals surface area contributed by atoms with E-state index in [2.05, 4.69) is 21.2 Å². The van der Waals surface area contributed by atoms with Crippen LogP contribution in [0.1, 0.15) is 25.1 Å². The van der Waals surface area contributed by atoms with Crippen LogP contribution in [0, 0.1) is 0 Å². The first kappa shape index (κ1) is 13.7. The van der Waals surface area contributed by atoms with Crippen molar-refractivity contribution in [3.05, 3.63) is 20.8 Å². The van der Waals surface area contributed by atoms with Gasteiger partial charge in [-0.15, -0.1) is 11.3 Å². The van der Waals surface area contributed by atoms with Crippen LogP contribution in [-0.2, 0) is 16.1 Å². The molecule has 0 aliphatic carbocycles. The first-order chi connectivity index (χ1) is 7.44. The molecular formula is C11H16BrNO2S. The molecule has 90 valence electrons. The monoisotopic (exact) mass is 305 g/mol. The maximum absolute atomic E-state index is 11.6. The Bertz CT molecular complexity index is 363. The van der Waals surface area contributed by atoms with Gasteiger partial charge in [0.1, 0.15) is 0 Å². The minimum Gasteiger partial charge on any atom is -0.378 e. The molecule has 1 N–H and O–H groups in total. The van der Waals surface area contributed by atoms with E-state index in [0.717, 1.165) is 9.35 Å². The lowest BCUT2D eigenvalue weighted by Gasteiger charge is -2.21. The van der Waals surface area contributed by atoms with Crippen molar-refractivity contribution in [1.82, 2.24) is 5.32 Å². The number of amides is 1. The Morgan fingerprint density at radius 3 is 2.81 bits per heavy atom. The number of nitrogens with one attached hydrogen (secondary N) is 1. The summed E-state index contributed by atoms with van der Waals surface area (Å²) in [6.45, 7) is 4.36. The number of methoxy groups -OCH3 is 1. The van der Waals surface area contributed by atoms with Crippen molar-refractivity contribution in [2.75, 3.05) is 7.11 Å². The summed E-state index contributed by atoms with van der Waals surface area (Å²) in [5.41, 5.74) is -0.406. The summed E-state index contributed by atoms with van der Waals surface area (Å²) in [6.07, 6.45) is 0.368. The van der Waals surface area contributed by atoms with Gasteiger partial charge in [-0.2, -0.15) is 0 Å². The predicted octanol–water partition coefficient (Wildman–Crippen LogP) is 2.94. The highest BCUT2D eigenvalue weighted by atomic mass is 79.9. The van der Waals surface area contributed by atoms with Gasteiger partial charge in [0.15, 0.2) is 0 Å². The van der Waals surface area contributed by atoms with Crippen molar-refractivity contribution in [3.8, 4) is 0 Å². The molecule has 0 fully saturated rings. The van der Waals surface area contributed by atoms with Crippen molar-refractivity contribution in [2.45, 2.75) is 32.4 Å². The van der Waals surface area contributed by atoms with Gasteiger partial charge >= 0.3 is 0 Å². The van der Waals surface area contributed by atoms with Gasteiger partial charge in [0.2, 0.25) is 5.91 Å². The fourth-order valence-corrected chi connectivity index (χ4v) is 2.58. The topological polar surface area (TPSA) is 38.3 Å². The van der Waals surface area contributed by atoms with E-state index in [1.54, 1.807) is 18.4 Å². The second-order valence-electron chi connectivity index (χ2n) is 4.11. The highest BCUT2D eigenvalue weighted by molar-refractivity contribution is 9.10. The SMILES string of the molecule is COC(C)(C)CC(=O)NCc1sccc1Br. The Morgan fingerprint density at radius 1 is 1.62 bits per heavy atom. The van der Waals surface area contributed by atoms with Crippen molar-refractivity contribution >= 4 is 33.2 Å². The molecule has 1 aromatic rings. The summed E-state index contributed by atoms with van der Waals surface area (Å²) >= 11 is 5.05. The molecule has 0 saturated carbocycles. The molecule has 1 rings (SSSR count). The van der Waals surface area contributed by atoms with E-state index in [4.69, 9.17) is 4.74 Å². The lowest BCUT2D eigenvalue weighted by atomic mass is 10.1. The van der Waals surface area contributed by atoms with Gasteiger partial charge < -0.3 is 10.1 Å². The van der Waals surface area contributed by atoms with Crippen LogP contribution in [0.2, 0.25) is 0 Å². The fourth-order valence-electron chi connectivity index (χ4n) is 1.15. The minimum absolute atomic E-state index is 0.00662. The molecule has 0 aliphatic rings. The maximum Gasteiger partial charge on any atom is 0.223 e. The number of hydrogen-bond donors (Lipinski definition) is 1. The van der Waals surface area contributed by atoms with Gasteiger partial charge in [-0.05, 0) is 41.2 Å². The number of carbonyl (C=O) groups excluding carboxylic acids is 1. The van der Waals surface area contributed by atoms with Gasteiger partial charge in [0.05, 0.1) is 18.6 Å². The van der Waals surface area contributed by atoms with Crippen LogP contribution in [0.5, 0.6) is 0 Å². The zero-order valence-electron chi connectivity index (χ0n) is 9.67. The quantitative estimate of drug-likeness (QED) is 0.908. The summed E-state index contributed by atoms with van der Waals surface area (Å²) in [5.74, 6) is 0.00662. The Hall–Kier alpha value is -0.390. The van der Waals surface area contributed by atoms with E-state index in [0.29, 0.717) is 13.0 Å². The summed E-state index contributed by atoms with van der Waals surface area (Å²) < 4.78 is 6.25. The number of thiophene rings is 1. The number of halogens is 1. The third-order valence-corrected chi connectivity index (χ3v) is 4.20. The summed E-state index contributed by atoms with van der Waals surface area (Å²) in [5, 5.41) is 4.87. The smallest absolute Gasteiger partial charge is 0.223 e. The van der Waals surface area contributed by atoms with E-state index >= 15 is 0 Å². The van der Waals surface area contributed by atoms with Gasteiger partial charge in [0, 0.05) is 16.5 Å². The van der Waals surface area contributed by atoms with Crippen molar-refractivity contribution in [3.63, 3.8) is 0 Å². The zero-order valence-corrected chi connectivity index (χ0v) is 12.1.